The van der Waals surface area contributed by atoms with Crippen LogP contribution in [0.5, 0.6) is 11.5 Å². The Labute approximate surface area is 144 Å². The Morgan fingerprint density at radius 1 is 1.29 bits per heavy atom. The summed E-state index contributed by atoms with van der Waals surface area (Å²) in [5.74, 6) is 0.468. The van der Waals surface area contributed by atoms with Gasteiger partial charge in [-0.25, -0.2) is 0 Å². The first-order valence-electron chi connectivity index (χ1n) is 7.03. The molecule has 2 aromatic rings. The van der Waals surface area contributed by atoms with Crippen LogP contribution in [0.4, 0.5) is 13.2 Å². The van der Waals surface area contributed by atoms with Crippen molar-refractivity contribution in [1.29, 1.82) is 0 Å². The zero-order valence-corrected chi connectivity index (χ0v) is 14.1. The Kier molecular flexibility index (Phi) is 4.49. The Hall–Kier alpha value is -2.09. The second kappa shape index (κ2) is 6.43. The maximum absolute atomic E-state index is 12.8. The van der Waals surface area contributed by atoms with Crippen LogP contribution in [0.25, 0.3) is 0 Å². The molecule has 3 rings (SSSR count). The second-order valence-corrected chi connectivity index (χ2v) is 6.16. The van der Waals surface area contributed by atoms with Gasteiger partial charge >= 0.3 is 6.18 Å². The molecule has 0 N–H and O–H groups in total. The van der Waals surface area contributed by atoms with E-state index in [1.165, 1.54) is 12.1 Å². The van der Waals surface area contributed by atoms with Crippen molar-refractivity contribution in [2.24, 2.45) is 5.16 Å². The van der Waals surface area contributed by atoms with Gasteiger partial charge in [-0.15, -0.1) is 0 Å². The first-order valence-corrected chi connectivity index (χ1v) is 7.82. The standard InChI is InChI=1S/C16H12BrF3N2O2/c1-9-13(5-10(8-21-9)14-7-15(17)22-24-14)23-12-4-2-3-11(6-12)16(18,19)20/h2-6,8,14H,7H2,1H3/t14-/m1/s1. The summed E-state index contributed by atoms with van der Waals surface area (Å²) in [5, 5.41) is 3.81. The third-order valence-corrected chi connectivity index (χ3v) is 3.92. The molecule has 0 spiro atoms. The van der Waals surface area contributed by atoms with E-state index in [0.29, 0.717) is 22.5 Å². The van der Waals surface area contributed by atoms with Gasteiger partial charge in [0, 0.05) is 18.2 Å². The lowest BCUT2D eigenvalue weighted by molar-refractivity contribution is -0.137. The highest BCUT2D eigenvalue weighted by molar-refractivity contribution is 9.18. The Balaban J connectivity index is 1.85. The van der Waals surface area contributed by atoms with Gasteiger partial charge < -0.3 is 9.57 Å². The number of benzene rings is 1. The topological polar surface area (TPSA) is 43.7 Å². The van der Waals surface area contributed by atoms with Crippen molar-refractivity contribution in [2.75, 3.05) is 0 Å². The van der Waals surface area contributed by atoms with E-state index in [-0.39, 0.29) is 11.9 Å². The third kappa shape index (κ3) is 3.69. The lowest BCUT2D eigenvalue weighted by Crippen LogP contribution is -2.05. The molecule has 0 unspecified atom stereocenters. The predicted octanol–water partition coefficient (Wildman–Crippen LogP) is 5.37. The summed E-state index contributed by atoms with van der Waals surface area (Å²) in [6, 6.07) is 6.42. The number of rotatable bonds is 3. The molecule has 0 saturated carbocycles. The molecule has 8 heteroatoms. The number of nitrogens with zero attached hydrogens (tertiary/aromatic N) is 2. The minimum absolute atomic E-state index is 0.0941. The summed E-state index contributed by atoms with van der Waals surface area (Å²) in [4.78, 5) is 9.48. The quantitative estimate of drug-likeness (QED) is 0.695. The summed E-state index contributed by atoms with van der Waals surface area (Å²) < 4.78 is 44.7. The molecular weight excluding hydrogens is 389 g/mol. The molecule has 24 heavy (non-hydrogen) atoms. The maximum atomic E-state index is 12.8. The number of ether oxygens (including phenoxy) is 1. The molecular formula is C16H12BrF3N2O2. The van der Waals surface area contributed by atoms with Crippen LogP contribution in [0.15, 0.2) is 41.7 Å². The molecule has 1 aliphatic rings. The average molecular weight is 401 g/mol. The first-order chi connectivity index (χ1) is 11.3. The second-order valence-electron chi connectivity index (χ2n) is 5.25. The SMILES string of the molecule is Cc1ncc([C@H]2CC(Br)=NO2)cc1Oc1cccc(C(F)(F)F)c1. The molecule has 1 aromatic heterocycles. The van der Waals surface area contributed by atoms with Crippen LogP contribution in [-0.2, 0) is 11.0 Å². The summed E-state index contributed by atoms with van der Waals surface area (Å²) >= 11 is 3.26. The molecule has 0 radical (unpaired) electrons. The zero-order valence-electron chi connectivity index (χ0n) is 12.5. The molecule has 0 bridgehead atoms. The van der Waals surface area contributed by atoms with E-state index in [1.54, 1.807) is 19.2 Å². The highest BCUT2D eigenvalue weighted by atomic mass is 79.9. The first kappa shape index (κ1) is 16.8. The molecule has 0 amide bonds. The number of alkyl halides is 3. The fourth-order valence-corrected chi connectivity index (χ4v) is 2.58. The van der Waals surface area contributed by atoms with Crippen molar-refractivity contribution in [3.8, 4) is 11.5 Å². The minimum atomic E-state index is -4.42. The van der Waals surface area contributed by atoms with E-state index in [4.69, 9.17) is 9.57 Å². The van der Waals surface area contributed by atoms with Gasteiger partial charge in [0.05, 0.1) is 11.3 Å². The molecule has 126 valence electrons. The minimum Gasteiger partial charge on any atom is -0.455 e. The van der Waals surface area contributed by atoms with Gasteiger partial charge in [0.2, 0.25) is 0 Å². The van der Waals surface area contributed by atoms with Gasteiger partial charge in [-0.3, -0.25) is 4.98 Å². The Bertz CT molecular complexity index is 793. The van der Waals surface area contributed by atoms with Crippen molar-refractivity contribution in [2.45, 2.75) is 25.6 Å². The molecule has 4 nitrogen and oxygen atoms in total. The predicted molar refractivity (Wildman–Crippen MR) is 85.3 cm³/mol. The number of aromatic nitrogens is 1. The van der Waals surface area contributed by atoms with E-state index in [9.17, 15) is 13.2 Å². The number of halogens is 4. The third-order valence-electron chi connectivity index (χ3n) is 3.46. The maximum Gasteiger partial charge on any atom is 0.416 e. The fourth-order valence-electron chi connectivity index (χ4n) is 2.20. The Morgan fingerprint density at radius 3 is 2.75 bits per heavy atom. The monoisotopic (exact) mass is 400 g/mol. The van der Waals surface area contributed by atoms with E-state index in [2.05, 4.69) is 26.1 Å². The van der Waals surface area contributed by atoms with Crippen LogP contribution in [0, 0.1) is 6.92 Å². The van der Waals surface area contributed by atoms with Gasteiger partial charge in [0.25, 0.3) is 0 Å². The van der Waals surface area contributed by atoms with Crippen LogP contribution in [0.2, 0.25) is 0 Å². The van der Waals surface area contributed by atoms with Crippen LogP contribution in [0.3, 0.4) is 0 Å². The van der Waals surface area contributed by atoms with Crippen molar-refractivity contribution in [1.82, 2.24) is 4.98 Å². The summed E-state index contributed by atoms with van der Waals surface area (Å²) in [6.45, 7) is 1.72. The Morgan fingerprint density at radius 2 is 2.08 bits per heavy atom. The molecule has 0 saturated heterocycles. The normalized spacial score (nSPS) is 17.4. The molecule has 2 heterocycles. The van der Waals surface area contributed by atoms with Gasteiger partial charge in [-0.2, -0.15) is 13.2 Å². The highest BCUT2D eigenvalue weighted by Crippen LogP contribution is 2.35. The number of aryl methyl sites for hydroxylation is 1. The van der Waals surface area contributed by atoms with E-state index < -0.39 is 11.7 Å². The van der Waals surface area contributed by atoms with Crippen molar-refractivity contribution >= 4 is 20.6 Å². The summed E-state index contributed by atoms with van der Waals surface area (Å²) in [6.07, 6.45) is -2.51. The van der Waals surface area contributed by atoms with Crippen molar-refractivity contribution < 1.29 is 22.7 Å². The van der Waals surface area contributed by atoms with Crippen LogP contribution >= 0.6 is 15.9 Å². The smallest absolute Gasteiger partial charge is 0.416 e. The average Bonchev–Trinajstić information content (AvgIpc) is 2.95. The summed E-state index contributed by atoms with van der Waals surface area (Å²) in [7, 11) is 0. The number of hydrogen-bond acceptors (Lipinski definition) is 4. The van der Waals surface area contributed by atoms with Crippen LogP contribution in [0.1, 0.15) is 29.3 Å². The van der Waals surface area contributed by atoms with Crippen molar-refractivity contribution in [3.05, 3.63) is 53.3 Å². The van der Waals surface area contributed by atoms with Gasteiger partial charge in [0.1, 0.15) is 16.1 Å². The van der Waals surface area contributed by atoms with Crippen LogP contribution in [-0.4, -0.2) is 9.60 Å². The van der Waals surface area contributed by atoms with Gasteiger partial charge in [0.15, 0.2) is 6.10 Å². The molecule has 0 fully saturated rings. The highest BCUT2D eigenvalue weighted by Gasteiger charge is 2.30. The summed E-state index contributed by atoms with van der Waals surface area (Å²) in [5.41, 5.74) is 0.535. The number of oxime groups is 1. The lowest BCUT2D eigenvalue weighted by Gasteiger charge is -2.14. The largest absolute Gasteiger partial charge is 0.455 e. The molecule has 1 aromatic carbocycles. The molecule has 0 aliphatic carbocycles. The van der Waals surface area contributed by atoms with Crippen LogP contribution < -0.4 is 4.74 Å². The number of pyridine rings is 1. The zero-order chi connectivity index (χ0) is 17.3. The van der Waals surface area contributed by atoms with Crippen molar-refractivity contribution in [3.63, 3.8) is 0 Å². The fraction of sp³-hybridized carbons (Fsp3) is 0.250. The molecule has 1 aliphatic heterocycles. The van der Waals surface area contributed by atoms with E-state index >= 15 is 0 Å². The van der Waals surface area contributed by atoms with Gasteiger partial charge in [-0.05, 0) is 47.1 Å². The number of hydrogen-bond donors (Lipinski definition) is 0. The lowest BCUT2D eigenvalue weighted by atomic mass is 10.1. The van der Waals surface area contributed by atoms with Gasteiger partial charge in [-0.1, -0.05) is 11.2 Å². The van der Waals surface area contributed by atoms with E-state index in [1.807, 2.05) is 0 Å². The van der Waals surface area contributed by atoms with E-state index in [0.717, 1.165) is 17.7 Å². The molecule has 1 atom stereocenters.